The van der Waals surface area contributed by atoms with Crippen molar-refractivity contribution in [1.82, 2.24) is 0 Å². The number of para-hydroxylation sites is 1. The zero-order valence-electron chi connectivity index (χ0n) is 14.7. The Morgan fingerprint density at radius 1 is 1.14 bits per heavy atom. The quantitative estimate of drug-likeness (QED) is 0.733. The van der Waals surface area contributed by atoms with Crippen LogP contribution in [0.2, 0.25) is 5.02 Å². The maximum absolute atomic E-state index is 12.4. The van der Waals surface area contributed by atoms with E-state index in [2.05, 4.69) is 4.99 Å². The Balaban J connectivity index is 1.53. The number of ether oxygens (including phenoxy) is 1. The number of halogens is 1. The number of carbonyl (C=O) groups excluding carboxylic acids is 1. The van der Waals surface area contributed by atoms with Gasteiger partial charge < -0.3 is 9.64 Å². The minimum atomic E-state index is -3.09. The highest BCUT2D eigenvalue weighted by Gasteiger charge is 2.49. The molecule has 146 valence electrons. The summed E-state index contributed by atoms with van der Waals surface area (Å²) in [5.41, 5.74) is 0.824. The monoisotopic (exact) mass is 436 g/mol. The summed E-state index contributed by atoms with van der Waals surface area (Å²) >= 11 is 7.17. The van der Waals surface area contributed by atoms with E-state index in [1.54, 1.807) is 24.3 Å². The van der Waals surface area contributed by atoms with E-state index in [0.717, 1.165) is 5.69 Å². The first-order valence-corrected chi connectivity index (χ1v) is 11.7. The predicted molar refractivity (Wildman–Crippen MR) is 112 cm³/mol. The molecule has 2 aliphatic rings. The van der Waals surface area contributed by atoms with E-state index in [9.17, 15) is 13.2 Å². The summed E-state index contributed by atoms with van der Waals surface area (Å²) < 4.78 is 29.6. The van der Waals surface area contributed by atoms with Gasteiger partial charge in [0.15, 0.2) is 21.6 Å². The molecule has 2 atom stereocenters. The minimum Gasteiger partial charge on any atom is -0.484 e. The van der Waals surface area contributed by atoms with Gasteiger partial charge in [-0.15, -0.1) is 0 Å². The normalized spacial score (nSPS) is 24.3. The van der Waals surface area contributed by atoms with Crippen LogP contribution in [0.1, 0.15) is 0 Å². The minimum absolute atomic E-state index is 0.0635. The largest absolute Gasteiger partial charge is 0.484 e. The van der Waals surface area contributed by atoms with Gasteiger partial charge >= 0.3 is 0 Å². The van der Waals surface area contributed by atoms with Crippen molar-refractivity contribution in [2.24, 2.45) is 4.99 Å². The molecule has 9 heteroatoms. The van der Waals surface area contributed by atoms with Gasteiger partial charge in [0.1, 0.15) is 5.75 Å². The van der Waals surface area contributed by atoms with Crippen LogP contribution in [0.5, 0.6) is 5.75 Å². The molecule has 0 bridgehead atoms. The highest BCUT2D eigenvalue weighted by atomic mass is 35.5. The zero-order valence-corrected chi connectivity index (χ0v) is 17.1. The summed E-state index contributed by atoms with van der Waals surface area (Å²) in [5, 5.41) is 0.969. The average molecular weight is 437 g/mol. The number of hydrogen-bond donors (Lipinski definition) is 0. The number of nitrogens with zero attached hydrogens (tertiary/aromatic N) is 2. The smallest absolute Gasteiger partial charge is 0.285 e. The molecule has 1 amide bonds. The Hall–Kier alpha value is -2.03. The Kier molecular flexibility index (Phi) is 5.35. The molecule has 2 fully saturated rings. The Morgan fingerprint density at radius 3 is 2.57 bits per heavy atom. The van der Waals surface area contributed by atoms with Crippen LogP contribution in [-0.2, 0) is 14.6 Å². The Morgan fingerprint density at radius 2 is 1.86 bits per heavy atom. The molecule has 4 rings (SSSR count). The van der Waals surface area contributed by atoms with Gasteiger partial charge in [-0.25, -0.2) is 8.42 Å². The van der Waals surface area contributed by atoms with Gasteiger partial charge in [-0.05, 0) is 36.4 Å². The van der Waals surface area contributed by atoms with Crippen molar-refractivity contribution < 1.29 is 17.9 Å². The number of sulfone groups is 1. The van der Waals surface area contributed by atoms with Crippen LogP contribution < -0.4 is 9.64 Å². The maximum atomic E-state index is 12.4. The van der Waals surface area contributed by atoms with E-state index in [4.69, 9.17) is 16.3 Å². The predicted octanol–water partition coefficient (Wildman–Crippen LogP) is 3.02. The molecular weight excluding hydrogens is 420 g/mol. The highest BCUT2D eigenvalue weighted by molar-refractivity contribution is 8.16. The second-order valence-corrected chi connectivity index (χ2v) is 10.3. The molecule has 0 radical (unpaired) electrons. The van der Waals surface area contributed by atoms with Gasteiger partial charge in [-0.2, -0.15) is 4.99 Å². The van der Waals surface area contributed by atoms with Crippen molar-refractivity contribution >= 4 is 50.0 Å². The number of hydrogen-bond acceptors (Lipinski definition) is 5. The van der Waals surface area contributed by atoms with E-state index in [0.29, 0.717) is 15.9 Å². The lowest BCUT2D eigenvalue weighted by Crippen LogP contribution is -2.37. The first-order chi connectivity index (χ1) is 13.4. The number of carbonyl (C=O) groups is 1. The van der Waals surface area contributed by atoms with E-state index in [-0.39, 0.29) is 29.4 Å². The van der Waals surface area contributed by atoms with Crippen molar-refractivity contribution in [3.05, 3.63) is 59.6 Å². The molecule has 2 heterocycles. The van der Waals surface area contributed by atoms with E-state index >= 15 is 0 Å². The Labute approximate surface area is 172 Å². The molecule has 2 aliphatic heterocycles. The molecule has 2 saturated heterocycles. The molecular formula is C19H17ClN2O4S2. The topological polar surface area (TPSA) is 76.0 Å². The van der Waals surface area contributed by atoms with Gasteiger partial charge in [-0.1, -0.05) is 41.6 Å². The van der Waals surface area contributed by atoms with Gasteiger partial charge in [-0.3, -0.25) is 4.79 Å². The summed E-state index contributed by atoms with van der Waals surface area (Å²) in [4.78, 5) is 18.4. The van der Waals surface area contributed by atoms with E-state index in [1.165, 1.54) is 11.8 Å². The summed E-state index contributed by atoms with van der Waals surface area (Å²) in [6.07, 6.45) is 0. The number of benzene rings is 2. The molecule has 0 aromatic heterocycles. The second-order valence-electron chi connectivity index (χ2n) is 6.54. The number of rotatable bonds is 4. The number of anilines is 1. The lowest BCUT2D eigenvalue weighted by Gasteiger charge is -2.24. The third-order valence-electron chi connectivity index (χ3n) is 4.50. The number of amides is 1. The molecule has 2 unspecified atom stereocenters. The first kappa shape index (κ1) is 19.3. The van der Waals surface area contributed by atoms with Crippen LogP contribution in [-0.4, -0.2) is 48.9 Å². The van der Waals surface area contributed by atoms with Crippen molar-refractivity contribution in [2.75, 3.05) is 23.0 Å². The molecule has 2 aromatic carbocycles. The Bertz CT molecular complexity index is 1010. The number of fused-ring (bicyclic) bond motifs is 1. The standard InChI is InChI=1S/C19H17ClN2O4S2/c20-13-6-8-15(9-7-13)26-10-18(23)21-19-22(14-4-2-1-3-5-14)16-11-28(24,25)12-17(16)27-19/h1-9,16-17H,10-12H2. The van der Waals surface area contributed by atoms with Gasteiger partial charge in [0.05, 0.1) is 17.5 Å². The maximum Gasteiger partial charge on any atom is 0.285 e. The summed E-state index contributed by atoms with van der Waals surface area (Å²) in [5.74, 6) is 0.259. The summed E-state index contributed by atoms with van der Waals surface area (Å²) in [7, 11) is -3.09. The third-order valence-corrected chi connectivity index (χ3v) is 7.96. The fraction of sp³-hybridized carbons (Fsp3) is 0.263. The molecule has 28 heavy (non-hydrogen) atoms. The summed E-state index contributed by atoms with van der Waals surface area (Å²) in [6, 6.07) is 15.9. The number of amidine groups is 1. The lowest BCUT2D eigenvalue weighted by molar-refractivity contribution is -0.119. The average Bonchev–Trinajstić information content (AvgIpc) is 3.12. The molecule has 0 saturated carbocycles. The van der Waals surface area contributed by atoms with Gasteiger partial charge in [0, 0.05) is 16.0 Å². The first-order valence-electron chi connectivity index (χ1n) is 8.62. The van der Waals surface area contributed by atoms with Crippen LogP contribution in [0.3, 0.4) is 0 Å². The molecule has 0 N–H and O–H groups in total. The fourth-order valence-corrected chi connectivity index (χ4v) is 7.33. The summed E-state index contributed by atoms with van der Waals surface area (Å²) in [6.45, 7) is -0.206. The molecule has 2 aromatic rings. The van der Waals surface area contributed by atoms with Crippen LogP contribution in [0.25, 0.3) is 0 Å². The molecule has 0 spiro atoms. The van der Waals surface area contributed by atoms with Gasteiger partial charge in [0.2, 0.25) is 0 Å². The van der Waals surface area contributed by atoms with E-state index < -0.39 is 15.7 Å². The van der Waals surface area contributed by atoms with Crippen LogP contribution in [0.15, 0.2) is 59.6 Å². The van der Waals surface area contributed by atoms with Crippen molar-refractivity contribution in [3.8, 4) is 5.75 Å². The van der Waals surface area contributed by atoms with Crippen molar-refractivity contribution in [1.29, 1.82) is 0 Å². The molecule has 0 aliphatic carbocycles. The number of aliphatic imine (C=N–C) groups is 1. The van der Waals surface area contributed by atoms with Crippen molar-refractivity contribution in [3.63, 3.8) is 0 Å². The highest BCUT2D eigenvalue weighted by Crippen LogP contribution is 2.40. The number of thioether (sulfide) groups is 1. The third kappa shape index (κ3) is 4.19. The second kappa shape index (κ2) is 7.77. The van der Waals surface area contributed by atoms with E-state index in [1.807, 2.05) is 35.2 Å². The SMILES string of the molecule is O=C(COc1ccc(Cl)cc1)N=C1SC2CS(=O)(=O)CC2N1c1ccccc1. The lowest BCUT2D eigenvalue weighted by atomic mass is 10.2. The van der Waals surface area contributed by atoms with Crippen LogP contribution in [0.4, 0.5) is 5.69 Å². The fourth-order valence-electron chi connectivity index (χ4n) is 3.27. The van der Waals surface area contributed by atoms with Crippen LogP contribution >= 0.6 is 23.4 Å². The van der Waals surface area contributed by atoms with Gasteiger partial charge in [0.25, 0.3) is 5.91 Å². The molecule has 6 nitrogen and oxygen atoms in total. The van der Waals surface area contributed by atoms with Crippen LogP contribution in [0, 0.1) is 0 Å². The van der Waals surface area contributed by atoms with Crippen molar-refractivity contribution in [2.45, 2.75) is 11.3 Å². The zero-order chi connectivity index (χ0) is 19.7.